The van der Waals surface area contributed by atoms with E-state index in [4.69, 9.17) is 18.9 Å². The monoisotopic (exact) mass is 322 g/mol. The third kappa shape index (κ3) is 1.67. The molecule has 1 N–H and O–H groups in total. The lowest BCUT2D eigenvalue weighted by atomic mass is 9.90. The van der Waals surface area contributed by atoms with Crippen molar-refractivity contribution in [3.8, 4) is 23.0 Å². The first-order valence-electron chi connectivity index (χ1n) is 8.26. The summed E-state index contributed by atoms with van der Waals surface area (Å²) in [5, 5.41) is 2.42. The number of hydrogen-bond acceptors (Lipinski definition) is 4. The maximum absolute atomic E-state index is 5.58. The normalized spacial score (nSPS) is 24.3. The van der Waals surface area contributed by atoms with E-state index >= 15 is 0 Å². The van der Waals surface area contributed by atoms with Crippen molar-refractivity contribution in [3.05, 3.63) is 45.8 Å². The predicted molar refractivity (Wildman–Crippen MR) is 85.6 cm³/mol. The van der Waals surface area contributed by atoms with Crippen molar-refractivity contribution in [2.24, 2.45) is 0 Å². The minimum absolute atomic E-state index is 0.302. The molecule has 2 unspecified atom stereocenters. The van der Waals surface area contributed by atoms with Gasteiger partial charge < -0.3 is 18.9 Å². The number of hydrogen-bond donors (Lipinski definition) is 1. The fraction of sp³-hybridized carbons (Fsp3) is 0.263. The summed E-state index contributed by atoms with van der Waals surface area (Å²) in [5.41, 5.74) is 2.70. The van der Waals surface area contributed by atoms with Gasteiger partial charge in [-0.1, -0.05) is 0 Å². The topological polar surface area (TPSA) is 41.4 Å². The summed E-state index contributed by atoms with van der Waals surface area (Å²) in [4.78, 5) is 1.45. The van der Waals surface area contributed by atoms with Crippen molar-refractivity contribution in [2.45, 2.75) is 12.5 Å². The lowest BCUT2D eigenvalue weighted by Gasteiger charge is -2.31. The minimum atomic E-state index is 0.302. The molecule has 0 fully saturated rings. The Balaban J connectivity index is 1.54. The Hall–Kier alpha value is -2.66. The molecular formula is C19H16NO4+. The molecule has 0 saturated carbocycles. The van der Waals surface area contributed by atoms with Crippen molar-refractivity contribution in [2.75, 3.05) is 20.1 Å². The van der Waals surface area contributed by atoms with E-state index in [2.05, 4.69) is 36.5 Å². The second kappa shape index (κ2) is 4.45. The molecule has 6 rings (SSSR count). The molecule has 0 aliphatic carbocycles. The quantitative estimate of drug-likeness (QED) is 0.733. The highest BCUT2D eigenvalue weighted by Gasteiger charge is 2.32. The van der Waals surface area contributed by atoms with Crippen LogP contribution in [0.15, 0.2) is 24.3 Å². The van der Waals surface area contributed by atoms with E-state index in [1.165, 1.54) is 26.5 Å². The third-order valence-corrected chi connectivity index (χ3v) is 5.32. The van der Waals surface area contributed by atoms with Crippen molar-refractivity contribution < 1.29 is 23.8 Å². The molecule has 0 saturated heterocycles. The molecule has 120 valence electrons. The Morgan fingerprint density at radius 2 is 1.46 bits per heavy atom. The first-order chi connectivity index (χ1) is 11.8. The molecule has 4 aliphatic rings. The average molecular weight is 322 g/mol. The Bertz CT molecular complexity index is 997. The molecule has 0 radical (unpaired) electrons. The summed E-state index contributed by atoms with van der Waals surface area (Å²) in [6.45, 7) is 1.70. The molecule has 4 aliphatic heterocycles. The van der Waals surface area contributed by atoms with Crippen LogP contribution < -0.4 is 34.3 Å². The molecule has 2 aromatic carbocycles. The zero-order chi connectivity index (χ0) is 15.7. The summed E-state index contributed by atoms with van der Waals surface area (Å²) in [7, 11) is 0. The van der Waals surface area contributed by atoms with Gasteiger partial charge in [0.1, 0.15) is 12.2 Å². The first-order valence-corrected chi connectivity index (χ1v) is 8.26. The van der Waals surface area contributed by atoms with E-state index in [-0.39, 0.29) is 0 Å². The van der Waals surface area contributed by atoms with Gasteiger partial charge in [-0.05, 0) is 41.1 Å². The molecule has 0 aromatic heterocycles. The molecule has 4 heterocycles. The highest BCUT2D eigenvalue weighted by molar-refractivity contribution is 5.55. The van der Waals surface area contributed by atoms with E-state index in [1.54, 1.807) is 0 Å². The summed E-state index contributed by atoms with van der Waals surface area (Å²) in [6.07, 6.45) is 5.70. The van der Waals surface area contributed by atoms with Crippen LogP contribution in [0.5, 0.6) is 23.0 Å². The Labute approximate surface area is 138 Å². The van der Waals surface area contributed by atoms with Gasteiger partial charge >= 0.3 is 0 Å². The summed E-state index contributed by atoms with van der Waals surface area (Å²) >= 11 is 0. The number of ether oxygens (including phenoxy) is 4. The number of quaternary nitrogens is 1. The SMILES string of the molecule is C1=c2cc3c(cc2=C[NH+]2CCc4cc5c(cc4C12)OCO5)OCO3. The Morgan fingerprint density at radius 3 is 2.25 bits per heavy atom. The molecule has 2 aromatic rings. The maximum atomic E-state index is 5.58. The van der Waals surface area contributed by atoms with E-state index < -0.39 is 0 Å². The summed E-state index contributed by atoms with van der Waals surface area (Å²) < 4.78 is 22.2. The molecule has 5 heteroatoms. The third-order valence-electron chi connectivity index (χ3n) is 5.32. The molecule has 0 spiro atoms. The van der Waals surface area contributed by atoms with Crippen LogP contribution in [-0.4, -0.2) is 20.1 Å². The van der Waals surface area contributed by atoms with E-state index in [9.17, 15) is 0 Å². The van der Waals surface area contributed by atoms with Gasteiger partial charge in [-0.25, -0.2) is 0 Å². The van der Waals surface area contributed by atoms with Gasteiger partial charge in [-0.15, -0.1) is 0 Å². The van der Waals surface area contributed by atoms with Gasteiger partial charge in [0.25, 0.3) is 0 Å². The van der Waals surface area contributed by atoms with E-state index in [0.717, 1.165) is 36.0 Å². The predicted octanol–water partition coefficient (Wildman–Crippen LogP) is -0.142. The average Bonchev–Trinajstić information content (AvgIpc) is 3.24. The van der Waals surface area contributed by atoms with Crippen molar-refractivity contribution in [1.29, 1.82) is 0 Å². The highest BCUT2D eigenvalue weighted by atomic mass is 16.7. The largest absolute Gasteiger partial charge is 0.454 e. The first kappa shape index (κ1) is 12.7. The van der Waals surface area contributed by atoms with Crippen LogP contribution in [0.2, 0.25) is 0 Å². The molecule has 5 nitrogen and oxygen atoms in total. The fourth-order valence-corrected chi connectivity index (χ4v) is 4.12. The van der Waals surface area contributed by atoms with E-state index in [0.29, 0.717) is 19.6 Å². The van der Waals surface area contributed by atoms with Gasteiger partial charge in [0.2, 0.25) is 13.6 Å². The Kier molecular flexibility index (Phi) is 2.36. The van der Waals surface area contributed by atoms with Crippen molar-refractivity contribution in [3.63, 3.8) is 0 Å². The molecule has 2 atom stereocenters. The number of rotatable bonds is 0. The van der Waals surface area contributed by atoms with Gasteiger partial charge in [0.15, 0.2) is 23.0 Å². The smallest absolute Gasteiger partial charge is 0.231 e. The maximum Gasteiger partial charge on any atom is 0.231 e. The second-order valence-corrected chi connectivity index (χ2v) is 6.60. The number of nitrogens with one attached hydrogen (secondary N) is 1. The van der Waals surface area contributed by atoms with Crippen LogP contribution in [0.25, 0.3) is 12.3 Å². The summed E-state index contributed by atoms with van der Waals surface area (Å²) in [5.74, 6) is 3.42. The molecule has 0 amide bonds. The van der Waals surface area contributed by atoms with Gasteiger partial charge in [-0.2, -0.15) is 0 Å². The van der Waals surface area contributed by atoms with Crippen molar-refractivity contribution >= 4 is 12.3 Å². The molecule has 0 bridgehead atoms. The van der Waals surface area contributed by atoms with Gasteiger partial charge in [0.05, 0.1) is 6.54 Å². The standard InChI is InChI=1S/C19H15NO4/c1-2-20-8-13-6-18-17(22-9-23-18)5-12(13)3-15(20)14-7-19-16(4-11(1)14)21-10-24-19/h3-8,15H,1-2,9-10H2/p+1. The van der Waals surface area contributed by atoms with Crippen LogP contribution in [0.4, 0.5) is 0 Å². The minimum Gasteiger partial charge on any atom is -0.454 e. The highest BCUT2D eigenvalue weighted by Crippen LogP contribution is 2.38. The zero-order valence-electron chi connectivity index (χ0n) is 13.0. The van der Waals surface area contributed by atoms with Gasteiger partial charge in [0, 0.05) is 17.2 Å². The van der Waals surface area contributed by atoms with Crippen LogP contribution >= 0.6 is 0 Å². The fourth-order valence-electron chi connectivity index (χ4n) is 4.12. The molecule has 24 heavy (non-hydrogen) atoms. The Morgan fingerprint density at radius 1 is 0.792 bits per heavy atom. The van der Waals surface area contributed by atoms with Crippen LogP contribution in [0.3, 0.4) is 0 Å². The van der Waals surface area contributed by atoms with Gasteiger partial charge in [-0.3, -0.25) is 4.90 Å². The van der Waals surface area contributed by atoms with Crippen LogP contribution in [0.1, 0.15) is 17.2 Å². The van der Waals surface area contributed by atoms with E-state index in [1.807, 2.05) is 0 Å². The lowest BCUT2D eigenvalue weighted by molar-refractivity contribution is -0.844. The molecular weight excluding hydrogens is 306 g/mol. The number of benzene rings is 2. The summed E-state index contributed by atoms with van der Waals surface area (Å²) in [6, 6.07) is 8.79. The van der Waals surface area contributed by atoms with Crippen LogP contribution in [0, 0.1) is 0 Å². The lowest BCUT2D eigenvalue weighted by Crippen LogP contribution is -3.09. The second-order valence-electron chi connectivity index (χ2n) is 6.60. The number of fused-ring (bicyclic) bond motifs is 6. The van der Waals surface area contributed by atoms with Crippen LogP contribution in [-0.2, 0) is 6.42 Å². The van der Waals surface area contributed by atoms with Crippen molar-refractivity contribution in [1.82, 2.24) is 0 Å². The zero-order valence-corrected chi connectivity index (χ0v) is 13.0.